The van der Waals surface area contributed by atoms with Gasteiger partial charge in [0.2, 0.25) is 0 Å². The maximum Gasteiger partial charge on any atom is 0.314 e. The molecular formula is C22H21N7O2. The van der Waals surface area contributed by atoms with E-state index in [1.807, 2.05) is 49.4 Å². The molecule has 0 spiro atoms. The molecule has 0 saturated carbocycles. The van der Waals surface area contributed by atoms with Gasteiger partial charge in [-0.15, -0.1) is 0 Å². The number of amides is 2. The van der Waals surface area contributed by atoms with Crippen molar-refractivity contribution in [2.45, 2.75) is 20.0 Å². The summed E-state index contributed by atoms with van der Waals surface area (Å²) in [6.45, 7) is 2.41. The lowest BCUT2D eigenvalue weighted by molar-refractivity contribution is -0.144. The lowest BCUT2D eigenvalue weighted by Gasteiger charge is -2.22. The van der Waals surface area contributed by atoms with E-state index in [1.54, 1.807) is 6.20 Å². The number of aromatic nitrogens is 4. The number of carbonyl (C=O) groups is 2. The summed E-state index contributed by atoms with van der Waals surface area (Å²) in [6, 6.07) is 13.2. The number of hydrogen-bond donors (Lipinski definition) is 3. The number of nitrogen functional groups attached to an aromatic ring is 1. The van der Waals surface area contributed by atoms with E-state index in [4.69, 9.17) is 5.73 Å². The van der Waals surface area contributed by atoms with E-state index in [0.29, 0.717) is 22.3 Å². The van der Waals surface area contributed by atoms with E-state index in [0.717, 1.165) is 11.1 Å². The number of aromatic amines is 1. The van der Waals surface area contributed by atoms with Gasteiger partial charge in [0.1, 0.15) is 5.82 Å². The van der Waals surface area contributed by atoms with Gasteiger partial charge in [-0.25, -0.2) is 4.98 Å². The zero-order valence-electron chi connectivity index (χ0n) is 16.9. The molecule has 0 bridgehead atoms. The molecule has 4 N–H and O–H groups in total. The van der Waals surface area contributed by atoms with Crippen LogP contribution in [0.15, 0.2) is 61.1 Å². The van der Waals surface area contributed by atoms with Crippen molar-refractivity contribution in [2.24, 2.45) is 0 Å². The summed E-state index contributed by atoms with van der Waals surface area (Å²) in [5.41, 5.74) is 9.28. The van der Waals surface area contributed by atoms with Gasteiger partial charge in [0.05, 0.1) is 41.2 Å². The Bertz CT molecular complexity index is 1240. The van der Waals surface area contributed by atoms with Gasteiger partial charge in [-0.2, -0.15) is 5.10 Å². The Morgan fingerprint density at radius 1 is 1.10 bits per heavy atom. The van der Waals surface area contributed by atoms with Crippen molar-refractivity contribution in [3.8, 4) is 0 Å². The number of pyridine rings is 2. The Morgan fingerprint density at radius 3 is 2.68 bits per heavy atom. The van der Waals surface area contributed by atoms with Crippen molar-refractivity contribution in [3.63, 3.8) is 0 Å². The van der Waals surface area contributed by atoms with Crippen LogP contribution in [0, 0.1) is 6.92 Å². The number of nitrogens with two attached hydrogens (primary N) is 1. The Hall–Kier alpha value is -4.27. The van der Waals surface area contributed by atoms with Crippen molar-refractivity contribution < 1.29 is 9.59 Å². The number of anilines is 2. The van der Waals surface area contributed by atoms with Crippen molar-refractivity contribution in [1.82, 2.24) is 25.1 Å². The number of fused-ring (bicyclic) bond motifs is 1. The minimum atomic E-state index is -0.786. The van der Waals surface area contributed by atoms with Gasteiger partial charge >= 0.3 is 11.8 Å². The first-order chi connectivity index (χ1) is 15.0. The molecule has 3 heterocycles. The van der Waals surface area contributed by atoms with Gasteiger partial charge in [-0.05, 0) is 30.2 Å². The highest BCUT2D eigenvalue weighted by Gasteiger charge is 2.24. The molecule has 1 aromatic carbocycles. The minimum Gasteiger partial charge on any atom is -0.383 e. The van der Waals surface area contributed by atoms with Gasteiger partial charge in [-0.1, -0.05) is 30.3 Å². The first-order valence-electron chi connectivity index (χ1n) is 9.64. The smallest absolute Gasteiger partial charge is 0.314 e. The Labute approximate surface area is 178 Å². The molecule has 0 aliphatic heterocycles. The molecule has 2 amide bonds. The van der Waals surface area contributed by atoms with Crippen LogP contribution in [-0.2, 0) is 22.7 Å². The molecule has 9 heteroatoms. The second kappa shape index (κ2) is 8.62. The predicted molar refractivity (Wildman–Crippen MR) is 117 cm³/mol. The van der Waals surface area contributed by atoms with Gasteiger partial charge in [0, 0.05) is 12.7 Å². The number of nitrogens with one attached hydrogen (secondary N) is 2. The topological polar surface area (TPSA) is 130 Å². The second-order valence-electron chi connectivity index (χ2n) is 7.14. The normalized spacial score (nSPS) is 10.7. The van der Waals surface area contributed by atoms with Crippen molar-refractivity contribution in [1.29, 1.82) is 0 Å². The van der Waals surface area contributed by atoms with Crippen LogP contribution in [0.2, 0.25) is 0 Å². The van der Waals surface area contributed by atoms with Crippen molar-refractivity contribution >= 4 is 34.2 Å². The molecule has 0 atom stereocenters. The third kappa shape index (κ3) is 4.50. The van der Waals surface area contributed by atoms with Crippen LogP contribution in [0.1, 0.15) is 16.8 Å². The van der Waals surface area contributed by atoms with Gasteiger partial charge < -0.3 is 16.0 Å². The predicted octanol–water partition coefficient (Wildman–Crippen LogP) is 2.41. The van der Waals surface area contributed by atoms with Crippen LogP contribution in [0.4, 0.5) is 11.5 Å². The number of hydrogen-bond acceptors (Lipinski definition) is 6. The molecule has 9 nitrogen and oxygen atoms in total. The van der Waals surface area contributed by atoms with E-state index in [9.17, 15) is 9.59 Å². The lowest BCUT2D eigenvalue weighted by Crippen LogP contribution is -2.39. The van der Waals surface area contributed by atoms with E-state index in [2.05, 4.69) is 25.5 Å². The summed E-state index contributed by atoms with van der Waals surface area (Å²) >= 11 is 0. The monoisotopic (exact) mass is 415 g/mol. The lowest BCUT2D eigenvalue weighted by atomic mass is 10.2. The molecule has 0 aliphatic carbocycles. The molecule has 3 aromatic heterocycles. The molecule has 0 fully saturated rings. The standard InChI is InChI=1S/C22H21N7O2/c1-14-7-8-24-16(9-14)13-29(12-15-5-3-2-4-6-15)22(31)21(30)27-18-11-25-20(23)17-10-26-28-19(17)18/h2-11H,12-13H2,1H3,(H2,23,25)(H,26,28)(H,27,30). The van der Waals surface area contributed by atoms with E-state index in [-0.39, 0.29) is 18.9 Å². The average Bonchev–Trinajstić information content (AvgIpc) is 3.27. The second-order valence-corrected chi connectivity index (χ2v) is 7.14. The molecule has 4 aromatic rings. The largest absolute Gasteiger partial charge is 0.383 e. The summed E-state index contributed by atoms with van der Waals surface area (Å²) < 4.78 is 0. The quantitative estimate of drug-likeness (QED) is 0.429. The third-order valence-electron chi connectivity index (χ3n) is 4.79. The van der Waals surface area contributed by atoms with Gasteiger partial charge in [0.15, 0.2) is 0 Å². The van der Waals surface area contributed by atoms with Crippen molar-refractivity contribution in [2.75, 3.05) is 11.1 Å². The van der Waals surface area contributed by atoms with E-state index < -0.39 is 11.8 Å². The highest BCUT2D eigenvalue weighted by atomic mass is 16.2. The minimum absolute atomic E-state index is 0.197. The van der Waals surface area contributed by atoms with Crippen LogP contribution in [0.3, 0.4) is 0 Å². The summed E-state index contributed by atoms with van der Waals surface area (Å²) in [7, 11) is 0. The van der Waals surface area contributed by atoms with E-state index in [1.165, 1.54) is 17.3 Å². The zero-order chi connectivity index (χ0) is 21.8. The number of nitrogens with zero attached hydrogens (tertiary/aromatic N) is 4. The molecular weight excluding hydrogens is 394 g/mol. The molecule has 0 unspecified atom stereocenters. The van der Waals surface area contributed by atoms with Crippen LogP contribution in [-0.4, -0.2) is 36.9 Å². The van der Waals surface area contributed by atoms with Crippen molar-refractivity contribution in [3.05, 3.63) is 77.9 Å². The summed E-state index contributed by atoms with van der Waals surface area (Å²) in [5, 5.41) is 9.89. The first-order valence-corrected chi connectivity index (χ1v) is 9.64. The third-order valence-corrected chi connectivity index (χ3v) is 4.79. The molecule has 0 aliphatic rings. The fourth-order valence-electron chi connectivity index (χ4n) is 3.25. The highest BCUT2D eigenvalue weighted by molar-refractivity contribution is 6.40. The highest BCUT2D eigenvalue weighted by Crippen LogP contribution is 2.24. The number of aryl methyl sites for hydroxylation is 1. The Morgan fingerprint density at radius 2 is 1.90 bits per heavy atom. The average molecular weight is 415 g/mol. The van der Waals surface area contributed by atoms with Crippen LogP contribution in [0.25, 0.3) is 10.9 Å². The Balaban J connectivity index is 1.58. The maximum absolute atomic E-state index is 13.1. The fourth-order valence-corrected chi connectivity index (χ4v) is 3.25. The summed E-state index contributed by atoms with van der Waals surface area (Å²) in [5.74, 6) is -1.19. The summed E-state index contributed by atoms with van der Waals surface area (Å²) in [4.78, 5) is 35.8. The molecule has 156 valence electrons. The Kier molecular flexibility index (Phi) is 5.57. The first kappa shape index (κ1) is 20.0. The number of H-pyrrole nitrogens is 1. The SMILES string of the molecule is Cc1ccnc(CN(Cc2ccccc2)C(=O)C(=O)Nc2cnc(N)c3cn[nH]c23)c1. The van der Waals surface area contributed by atoms with E-state index >= 15 is 0 Å². The van der Waals surface area contributed by atoms with Gasteiger partial charge in [-0.3, -0.25) is 19.7 Å². The maximum atomic E-state index is 13.1. The molecule has 0 saturated heterocycles. The van der Waals surface area contributed by atoms with Crippen LogP contribution >= 0.6 is 0 Å². The van der Waals surface area contributed by atoms with Gasteiger partial charge in [0.25, 0.3) is 0 Å². The number of carbonyl (C=O) groups excluding carboxylic acids is 2. The number of rotatable bonds is 5. The zero-order valence-corrected chi connectivity index (χ0v) is 16.9. The molecule has 31 heavy (non-hydrogen) atoms. The number of benzene rings is 1. The molecule has 4 rings (SSSR count). The summed E-state index contributed by atoms with van der Waals surface area (Å²) in [6.07, 6.45) is 4.59. The van der Waals surface area contributed by atoms with Crippen LogP contribution in [0.5, 0.6) is 0 Å². The van der Waals surface area contributed by atoms with Crippen LogP contribution < -0.4 is 11.1 Å². The fraction of sp³-hybridized carbons (Fsp3) is 0.136. The molecule has 0 radical (unpaired) electrons.